The van der Waals surface area contributed by atoms with E-state index in [2.05, 4.69) is 4.98 Å². The third-order valence-corrected chi connectivity index (χ3v) is 6.27. The molecule has 9 nitrogen and oxygen atoms in total. The number of nitrogens with zero attached hydrogens (tertiary/aromatic N) is 4. The van der Waals surface area contributed by atoms with E-state index in [1.54, 1.807) is 11.7 Å². The molecule has 1 aliphatic carbocycles. The number of methoxy groups -OCH3 is 1. The van der Waals surface area contributed by atoms with E-state index in [-0.39, 0.29) is 24.1 Å². The normalized spacial score (nSPS) is 24.2. The fourth-order valence-corrected chi connectivity index (χ4v) is 4.31. The molecule has 2 aromatic rings. The molecule has 10 heteroatoms. The summed E-state index contributed by atoms with van der Waals surface area (Å²) in [5.41, 5.74) is 6.29. The van der Waals surface area contributed by atoms with E-state index in [0.29, 0.717) is 28.1 Å². The summed E-state index contributed by atoms with van der Waals surface area (Å²) in [6.45, 7) is 4.17. The second-order valence-electron chi connectivity index (χ2n) is 8.13. The highest BCUT2D eigenvalue weighted by molar-refractivity contribution is 5.84. The minimum Gasteiger partial charge on any atom is -0.380 e. The van der Waals surface area contributed by atoms with Crippen LogP contribution in [0.5, 0.6) is 0 Å². The SMILES string of the molecule is COC(C)C(N)C1CN(c2ncc3c(=O)n(N)c(=O)n(C4CC4)c3c2C)CC1F. The Labute approximate surface area is 167 Å². The molecule has 4 unspecified atom stereocenters. The van der Waals surface area contributed by atoms with Crippen LogP contribution in [0.25, 0.3) is 10.9 Å². The third kappa shape index (κ3) is 3.10. The van der Waals surface area contributed by atoms with Gasteiger partial charge in [-0.3, -0.25) is 9.36 Å². The van der Waals surface area contributed by atoms with E-state index in [9.17, 15) is 14.0 Å². The summed E-state index contributed by atoms with van der Waals surface area (Å²) in [4.78, 5) is 31.4. The maximum atomic E-state index is 14.8. The van der Waals surface area contributed by atoms with Crippen molar-refractivity contribution in [2.45, 2.75) is 51.0 Å². The van der Waals surface area contributed by atoms with Gasteiger partial charge >= 0.3 is 5.69 Å². The quantitative estimate of drug-likeness (QED) is 0.673. The molecular weight excluding hydrogens is 379 g/mol. The topological polar surface area (TPSA) is 121 Å². The lowest BCUT2D eigenvalue weighted by molar-refractivity contribution is 0.0660. The summed E-state index contributed by atoms with van der Waals surface area (Å²) >= 11 is 0. The summed E-state index contributed by atoms with van der Waals surface area (Å²) in [6, 6.07) is -0.430. The molecule has 0 bridgehead atoms. The van der Waals surface area contributed by atoms with Crippen LogP contribution in [0.15, 0.2) is 15.8 Å². The standard InChI is InChI=1S/C19H27FN6O3/c1-9-16-12(18(27)26(22)19(28)25(16)11-4-5-11)6-23-17(9)24-7-13(14(20)8-24)15(21)10(2)29-3/h6,10-11,13-15H,4-5,7-8,21-22H2,1-3H3. The highest BCUT2D eigenvalue weighted by Crippen LogP contribution is 2.38. The van der Waals surface area contributed by atoms with Crippen LogP contribution >= 0.6 is 0 Å². The first-order chi connectivity index (χ1) is 13.8. The van der Waals surface area contributed by atoms with Crippen LogP contribution in [0.3, 0.4) is 0 Å². The zero-order valence-corrected chi connectivity index (χ0v) is 16.8. The summed E-state index contributed by atoms with van der Waals surface area (Å²) in [5.74, 6) is 5.85. The molecule has 0 amide bonds. The van der Waals surface area contributed by atoms with Crippen molar-refractivity contribution >= 4 is 16.7 Å². The molecule has 1 aliphatic heterocycles. The number of nitrogen functional groups attached to an aromatic ring is 1. The van der Waals surface area contributed by atoms with Crippen molar-refractivity contribution in [3.05, 3.63) is 32.6 Å². The van der Waals surface area contributed by atoms with E-state index in [1.807, 2.05) is 18.7 Å². The van der Waals surface area contributed by atoms with Crippen LogP contribution in [-0.2, 0) is 4.74 Å². The highest BCUT2D eigenvalue weighted by atomic mass is 19.1. The molecule has 4 N–H and O–H groups in total. The summed E-state index contributed by atoms with van der Waals surface area (Å²) in [5, 5.41) is 0.289. The molecule has 2 aromatic heterocycles. The Morgan fingerprint density at radius 3 is 2.62 bits per heavy atom. The van der Waals surface area contributed by atoms with Crippen molar-refractivity contribution in [1.29, 1.82) is 0 Å². The number of aryl methyl sites for hydroxylation is 1. The van der Waals surface area contributed by atoms with Crippen molar-refractivity contribution in [3.63, 3.8) is 0 Å². The van der Waals surface area contributed by atoms with Crippen molar-refractivity contribution in [1.82, 2.24) is 14.2 Å². The van der Waals surface area contributed by atoms with E-state index >= 15 is 0 Å². The van der Waals surface area contributed by atoms with Crippen LogP contribution in [-0.4, -0.2) is 52.7 Å². The van der Waals surface area contributed by atoms with Gasteiger partial charge in [-0.25, -0.2) is 14.2 Å². The largest absolute Gasteiger partial charge is 0.380 e. The van der Waals surface area contributed by atoms with E-state index < -0.39 is 29.4 Å². The Morgan fingerprint density at radius 2 is 2.00 bits per heavy atom. The molecule has 1 saturated carbocycles. The molecule has 0 radical (unpaired) electrons. The van der Waals surface area contributed by atoms with Gasteiger partial charge in [0.2, 0.25) is 0 Å². The van der Waals surface area contributed by atoms with E-state index in [0.717, 1.165) is 12.8 Å². The molecule has 0 aromatic carbocycles. The average molecular weight is 406 g/mol. The minimum atomic E-state index is -1.12. The number of ether oxygens (including phenoxy) is 1. The predicted octanol–water partition coefficient (Wildman–Crippen LogP) is 0.0518. The lowest BCUT2D eigenvalue weighted by Gasteiger charge is -2.26. The Hall–Kier alpha value is -2.46. The van der Waals surface area contributed by atoms with Crippen LogP contribution < -0.4 is 27.7 Å². The van der Waals surface area contributed by atoms with Gasteiger partial charge < -0.3 is 21.2 Å². The Kier molecular flexibility index (Phi) is 4.86. The number of anilines is 1. The zero-order chi connectivity index (χ0) is 21.0. The van der Waals surface area contributed by atoms with Crippen LogP contribution in [0.1, 0.15) is 31.4 Å². The maximum absolute atomic E-state index is 14.8. The van der Waals surface area contributed by atoms with Crippen LogP contribution in [0.4, 0.5) is 10.2 Å². The van der Waals surface area contributed by atoms with Crippen LogP contribution in [0, 0.1) is 12.8 Å². The maximum Gasteiger partial charge on any atom is 0.350 e. The number of fused-ring (bicyclic) bond motifs is 1. The van der Waals surface area contributed by atoms with Gasteiger partial charge in [-0.1, -0.05) is 0 Å². The molecule has 4 atom stereocenters. The first-order valence-corrected chi connectivity index (χ1v) is 9.85. The number of hydrogen-bond donors (Lipinski definition) is 2. The zero-order valence-electron chi connectivity index (χ0n) is 16.8. The second kappa shape index (κ2) is 7.10. The second-order valence-corrected chi connectivity index (χ2v) is 8.13. The molecule has 2 aliphatic rings. The molecule has 4 rings (SSSR count). The van der Waals surface area contributed by atoms with Crippen LogP contribution in [0.2, 0.25) is 0 Å². The van der Waals surface area contributed by atoms with Crippen molar-refractivity contribution in [2.75, 3.05) is 30.9 Å². The molecule has 0 spiro atoms. The van der Waals surface area contributed by atoms with Gasteiger partial charge in [-0.2, -0.15) is 4.68 Å². The number of hydrogen-bond acceptors (Lipinski definition) is 7. The molecular formula is C19H27FN6O3. The van der Waals surface area contributed by atoms with Gasteiger partial charge in [0.05, 0.1) is 23.6 Å². The van der Waals surface area contributed by atoms with Gasteiger partial charge in [0.1, 0.15) is 12.0 Å². The number of alkyl halides is 1. The molecule has 158 valence electrons. The Morgan fingerprint density at radius 1 is 1.31 bits per heavy atom. The Balaban J connectivity index is 1.79. The fraction of sp³-hybridized carbons (Fsp3) is 0.632. The number of aromatic nitrogens is 3. The first kappa shape index (κ1) is 19.8. The summed E-state index contributed by atoms with van der Waals surface area (Å²) in [7, 11) is 1.56. The monoisotopic (exact) mass is 406 g/mol. The minimum absolute atomic E-state index is 0.0191. The van der Waals surface area contributed by atoms with Crippen molar-refractivity contribution in [3.8, 4) is 0 Å². The number of nitrogens with two attached hydrogens (primary N) is 2. The Bertz CT molecular complexity index is 1060. The smallest absolute Gasteiger partial charge is 0.350 e. The first-order valence-electron chi connectivity index (χ1n) is 9.85. The van der Waals surface area contributed by atoms with Gasteiger partial charge in [-0.05, 0) is 26.7 Å². The summed E-state index contributed by atoms with van der Waals surface area (Å²) in [6.07, 6.45) is 1.74. The van der Waals surface area contributed by atoms with Gasteiger partial charge in [0, 0.05) is 43.4 Å². The predicted molar refractivity (Wildman–Crippen MR) is 108 cm³/mol. The van der Waals surface area contributed by atoms with Gasteiger partial charge in [-0.15, -0.1) is 0 Å². The van der Waals surface area contributed by atoms with E-state index in [4.69, 9.17) is 16.3 Å². The molecule has 29 heavy (non-hydrogen) atoms. The highest BCUT2D eigenvalue weighted by Gasteiger charge is 2.40. The lowest BCUT2D eigenvalue weighted by Crippen LogP contribution is -2.45. The van der Waals surface area contributed by atoms with Gasteiger partial charge in [0.25, 0.3) is 5.56 Å². The summed E-state index contributed by atoms with van der Waals surface area (Å²) < 4.78 is 22.3. The fourth-order valence-electron chi connectivity index (χ4n) is 4.31. The van der Waals surface area contributed by atoms with Crippen molar-refractivity contribution in [2.24, 2.45) is 11.7 Å². The van der Waals surface area contributed by atoms with Gasteiger partial charge in [0.15, 0.2) is 0 Å². The number of rotatable bonds is 5. The van der Waals surface area contributed by atoms with Crippen molar-refractivity contribution < 1.29 is 9.13 Å². The van der Waals surface area contributed by atoms with E-state index in [1.165, 1.54) is 6.20 Å². The average Bonchev–Trinajstić information content (AvgIpc) is 3.47. The molecule has 2 fully saturated rings. The number of pyridine rings is 1. The lowest BCUT2D eigenvalue weighted by atomic mass is 9.94. The third-order valence-electron chi connectivity index (χ3n) is 6.27. The molecule has 3 heterocycles. The number of halogens is 1. The molecule has 1 saturated heterocycles.